The monoisotopic (exact) mass is 232 g/mol. The molecule has 4 heteroatoms. The van der Waals surface area contributed by atoms with E-state index in [2.05, 4.69) is 11.9 Å². The molecule has 0 saturated carbocycles. The second-order valence-electron chi connectivity index (χ2n) is 4.63. The Hall–Kier alpha value is -1.71. The van der Waals surface area contributed by atoms with E-state index in [1.165, 1.54) is 12.1 Å². The summed E-state index contributed by atoms with van der Waals surface area (Å²) < 4.78 is 14.8. The zero-order chi connectivity index (χ0) is 12.0. The number of aromatic nitrogens is 2. The average Bonchev–Trinajstić information content (AvgIpc) is 2.32. The fraction of sp³-hybridized carbons (Fsp3) is 0.385. The van der Waals surface area contributed by atoms with Gasteiger partial charge >= 0.3 is 0 Å². The Morgan fingerprint density at radius 1 is 1.47 bits per heavy atom. The maximum absolute atomic E-state index is 13.1. The van der Waals surface area contributed by atoms with Gasteiger partial charge in [-0.1, -0.05) is 6.92 Å². The predicted molar refractivity (Wildman–Crippen MR) is 63.6 cm³/mol. The summed E-state index contributed by atoms with van der Waals surface area (Å²) in [6, 6.07) is 4.20. The van der Waals surface area contributed by atoms with Crippen molar-refractivity contribution in [2.75, 3.05) is 0 Å². The third kappa shape index (κ3) is 1.55. The van der Waals surface area contributed by atoms with Gasteiger partial charge in [-0.2, -0.15) is 0 Å². The van der Waals surface area contributed by atoms with Crippen molar-refractivity contribution in [2.24, 2.45) is 0 Å². The molecule has 3 rings (SSSR count). The summed E-state index contributed by atoms with van der Waals surface area (Å²) in [6.45, 7) is 2.77. The fourth-order valence-corrected chi connectivity index (χ4v) is 2.49. The van der Waals surface area contributed by atoms with E-state index in [1.807, 2.05) is 0 Å². The lowest BCUT2D eigenvalue weighted by Gasteiger charge is -2.23. The van der Waals surface area contributed by atoms with Crippen LogP contribution in [0.5, 0.6) is 0 Å². The molecule has 2 heterocycles. The largest absolute Gasteiger partial charge is 0.296 e. The Labute approximate surface area is 97.9 Å². The van der Waals surface area contributed by atoms with Gasteiger partial charge in [-0.05, 0) is 31.0 Å². The molecule has 0 amide bonds. The zero-order valence-electron chi connectivity index (χ0n) is 9.61. The molecule has 1 aliphatic rings. The average molecular weight is 232 g/mol. The number of hydrogen-bond donors (Lipinski definition) is 0. The maximum Gasteiger partial charge on any atom is 0.261 e. The molecule has 0 N–H and O–H groups in total. The van der Waals surface area contributed by atoms with E-state index in [1.54, 1.807) is 10.6 Å². The minimum absolute atomic E-state index is 0.115. The minimum Gasteiger partial charge on any atom is -0.296 e. The lowest BCUT2D eigenvalue weighted by molar-refractivity contribution is 0.446. The number of nitrogens with zero attached hydrogens (tertiary/aromatic N) is 2. The number of halogens is 1. The van der Waals surface area contributed by atoms with Crippen molar-refractivity contribution in [1.82, 2.24) is 9.55 Å². The molecule has 1 aromatic carbocycles. The van der Waals surface area contributed by atoms with Crippen LogP contribution in [0.1, 0.15) is 31.5 Å². The second kappa shape index (κ2) is 3.65. The van der Waals surface area contributed by atoms with Crippen LogP contribution in [0.2, 0.25) is 0 Å². The Morgan fingerprint density at radius 3 is 3.12 bits per heavy atom. The summed E-state index contributed by atoms with van der Waals surface area (Å²) in [4.78, 5) is 16.7. The minimum atomic E-state index is -0.388. The highest BCUT2D eigenvalue weighted by molar-refractivity contribution is 5.77. The smallest absolute Gasteiger partial charge is 0.261 e. The first kappa shape index (κ1) is 10.4. The van der Waals surface area contributed by atoms with Crippen molar-refractivity contribution in [1.29, 1.82) is 0 Å². The molecule has 2 aromatic rings. The van der Waals surface area contributed by atoms with Crippen LogP contribution in [0.4, 0.5) is 4.39 Å². The molecular weight excluding hydrogens is 219 g/mol. The van der Waals surface area contributed by atoms with Gasteiger partial charge in [0.05, 0.1) is 10.9 Å². The quantitative estimate of drug-likeness (QED) is 0.699. The van der Waals surface area contributed by atoms with Crippen molar-refractivity contribution in [3.63, 3.8) is 0 Å². The molecule has 17 heavy (non-hydrogen) atoms. The van der Waals surface area contributed by atoms with Gasteiger partial charge < -0.3 is 0 Å². The normalized spacial score (nSPS) is 19.3. The standard InChI is InChI=1S/C13H13FN2O/c1-8-3-2-6-16-12(8)15-11-5-4-9(14)7-10(11)13(16)17/h4-5,7-8H,2-3,6H2,1H3. The van der Waals surface area contributed by atoms with Crippen LogP contribution in [0.15, 0.2) is 23.0 Å². The summed E-state index contributed by atoms with van der Waals surface area (Å²) in [7, 11) is 0. The first-order chi connectivity index (χ1) is 8.16. The fourth-order valence-electron chi connectivity index (χ4n) is 2.49. The Bertz CT molecular complexity index is 648. The van der Waals surface area contributed by atoms with Crippen molar-refractivity contribution in [3.8, 4) is 0 Å². The molecule has 88 valence electrons. The van der Waals surface area contributed by atoms with Crippen LogP contribution in [0.3, 0.4) is 0 Å². The first-order valence-corrected chi connectivity index (χ1v) is 5.87. The second-order valence-corrected chi connectivity index (χ2v) is 4.63. The third-order valence-electron chi connectivity index (χ3n) is 3.41. The van der Waals surface area contributed by atoms with Crippen LogP contribution >= 0.6 is 0 Å². The molecule has 1 atom stereocenters. The highest BCUT2D eigenvalue weighted by atomic mass is 19.1. The highest BCUT2D eigenvalue weighted by Gasteiger charge is 2.20. The molecule has 0 spiro atoms. The molecule has 1 aliphatic heterocycles. The third-order valence-corrected chi connectivity index (χ3v) is 3.41. The van der Waals surface area contributed by atoms with E-state index in [0.29, 0.717) is 23.4 Å². The number of benzene rings is 1. The number of rotatable bonds is 0. The van der Waals surface area contributed by atoms with E-state index in [-0.39, 0.29) is 11.4 Å². The molecule has 3 nitrogen and oxygen atoms in total. The SMILES string of the molecule is CC1CCCn2c1nc1ccc(F)cc1c2=O. The van der Waals surface area contributed by atoms with Gasteiger partial charge in [0.2, 0.25) is 0 Å². The lowest BCUT2D eigenvalue weighted by atomic mass is 10.0. The molecular formula is C13H13FN2O. The topological polar surface area (TPSA) is 34.9 Å². The summed E-state index contributed by atoms with van der Waals surface area (Å²) in [6.07, 6.45) is 2.04. The Morgan fingerprint density at radius 2 is 2.29 bits per heavy atom. The molecule has 1 unspecified atom stereocenters. The van der Waals surface area contributed by atoms with Gasteiger partial charge in [-0.3, -0.25) is 9.36 Å². The zero-order valence-corrected chi connectivity index (χ0v) is 9.61. The van der Waals surface area contributed by atoms with Crippen molar-refractivity contribution < 1.29 is 4.39 Å². The Kier molecular flexibility index (Phi) is 2.24. The number of fused-ring (bicyclic) bond motifs is 2. The van der Waals surface area contributed by atoms with Crippen molar-refractivity contribution in [2.45, 2.75) is 32.2 Å². The highest BCUT2D eigenvalue weighted by Crippen LogP contribution is 2.24. The molecule has 1 aromatic heterocycles. The summed E-state index contributed by atoms with van der Waals surface area (Å²) >= 11 is 0. The maximum atomic E-state index is 13.1. The van der Waals surface area contributed by atoms with Crippen LogP contribution in [0.25, 0.3) is 10.9 Å². The van der Waals surface area contributed by atoms with Crippen LogP contribution < -0.4 is 5.56 Å². The van der Waals surface area contributed by atoms with E-state index in [4.69, 9.17) is 0 Å². The van der Waals surface area contributed by atoms with Crippen molar-refractivity contribution in [3.05, 3.63) is 40.2 Å². The van der Waals surface area contributed by atoms with E-state index < -0.39 is 0 Å². The van der Waals surface area contributed by atoms with Gasteiger partial charge in [0.15, 0.2) is 0 Å². The van der Waals surface area contributed by atoms with Crippen molar-refractivity contribution >= 4 is 10.9 Å². The molecule has 0 aliphatic carbocycles. The predicted octanol–water partition coefficient (Wildman–Crippen LogP) is 2.43. The number of hydrogen-bond acceptors (Lipinski definition) is 2. The van der Waals surface area contributed by atoms with E-state index >= 15 is 0 Å². The first-order valence-electron chi connectivity index (χ1n) is 5.87. The van der Waals surface area contributed by atoms with Gasteiger partial charge in [-0.15, -0.1) is 0 Å². The van der Waals surface area contributed by atoms with Gasteiger partial charge in [0.25, 0.3) is 5.56 Å². The van der Waals surface area contributed by atoms with Gasteiger partial charge in [-0.25, -0.2) is 9.37 Å². The van der Waals surface area contributed by atoms with Gasteiger partial charge in [0, 0.05) is 12.5 Å². The molecule has 0 saturated heterocycles. The Balaban J connectivity index is 2.39. The van der Waals surface area contributed by atoms with Gasteiger partial charge in [0.1, 0.15) is 11.6 Å². The summed E-state index contributed by atoms with van der Waals surface area (Å²) in [5, 5.41) is 0.378. The van der Waals surface area contributed by atoms with E-state index in [9.17, 15) is 9.18 Å². The lowest BCUT2D eigenvalue weighted by Crippen LogP contribution is -2.29. The summed E-state index contributed by atoms with van der Waals surface area (Å²) in [5.41, 5.74) is 0.479. The van der Waals surface area contributed by atoms with E-state index in [0.717, 1.165) is 18.7 Å². The van der Waals surface area contributed by atoms with Crippen LogP contribution in [-0.4, -0.2) is 9.55 Å². The van der Waals surface area contributed by atoms with Crippen LogP contribution in [-0.2, 0) is 6.54 Å². The molecule has 0 radical (unpaired) electrons. The molecule has 0 bridgehead atoms. The summed E-state index contributed by atoms with van der Waals surface area (Å²) in [5.74, 6) is 0.743. The molecule has 0 fully saturated rings. The van der Waals surface area contributed by atoms with Crippen LogP contribution in [0, 0.1) is 5.82 Å².